The van der Waals surface area contributed by atoms with Gasteiger partial charge in [0.1, 0.15) is 11.6 Å². The van der Waals surface area contributed by atoms with Crippen LogP contribution in [0, 0.1) is 17.7 Å². The van der Waals surface area contributed by atoms with Crippen molar-refractivity contribution >= 4 is 22.4 Å². The molecule has 0 amide bonds. The van der Waals surface area contributed by atoms with Crippen LogP contribution in [0.4, 0.5) is 4.39 Å². The second kappa shape index (κ2) is 10.4. The summed E-state index contributed by atoms with van der Waals surface area (Å²) in [4.78, 5) is 20.6. The van der Waals surface area contributed by atoms with E-state index in [-0.39, 0.29) is 17.5 Å². The Hall–Kier alpha value is -3.84. The number of benzene rings is 3. The molecule has 200 valence electrons. The Morgan fingerprint density at radius 1 is 1.13 bits per heavy atom. The van der Waals surface area contributed by atoms with Gasteiger partial charge in [0, 0.05) is 66.9 Å². The maximum atomic E-state index is 14.6. The van der Waals surface area contributed by atoms with Gasteiger partial charge in [-0.3, -0.25) is 19.4 Å². The molecule has 1 saturated heterocycles. The molecular weight excluding hydrogens is 491 g/mol. The summed E-state index contributed by atoms with van der Waals surface area (Å²) in [6, 6.07) is 17.1. The minimum Gasteiger partial charge on any atom is -0.496 e. The number of hydrogen-bond donors (Lipinski definition) is 0. The Balaban J connectivity index is 1.18. The molecule has 0 bridgehead atoms. The van der Waals surface area contributed by atoms with Crippen molar-refractivity contribution in [3.05, 3.63) is 94.4 Å². The lowest BCUT2D eigenvalue weighted by molar-refractivity contribution is 0.0856. The highest BCUT2D eigenvalue weighted by Crippen LogP contribution is 2.31. The van der Waals surface area contributed by atoms with E-state index in [0.29, 0.717) is 36.7 Å². The molecule has 39 heavy (non-hydrogen) atoms. The van der Waals surface area contributed by atoms with E-state index in [1.54, 1.807) is 19.2 Å². The van der Waals surface area contributed by atoms with Gasteiger partial charge in [-0.1, -0.05) is 31.2 Å². The number of aryl methyl sites for hydroxylation is 1. The van der Waals surface area contributed by atoms with E-state index in [1.807, 2.05) is 42.2 Å². The van der Waals surface area contributed by atoms with Crippen molar-refractivity contribution in [2.45, 2.75) is 32.9 Å². The number of halogens is 1. The highest BCUT2D eigenvalue weighted by Gasteiger charge is 2.29. The standard InChI is InChI=1S/C32H33FN4O2/c1-20-11-21(17-37(16-20)19-27-28(33)5-4-6-31(27)39-3)12-30(38)22-7-8-24-15-34-32(26(24)14-22)23-9-10-29-25(13-23)18-36(2)35-29/h4-10,13-14,18,20-21H,11-12,15-17,19H2,1-3H3/t20-,21-/m0/s1. The van der Waals surface area contributed by atoms with Crippen LogP contribution in [0.15, 0.2) is 65.8 Å². The largest absolute Gasteiger partial charge is 0.496 e. The summed E-state index contributed by atoms with van der Waals surface area (Å²) in [5.74, 6) is 1.11. The Labute approximate surface area is 228 Å². The highest BCUT2D eigenvalue weighted by atomic mass is 19.1. The molecule has 3 aromatic carbocycles. The average Bonchev–Trinajstić information content (AvgIpc) is 3.51. The first-order valence-corrected chi connectivity index (χ1v) is 13.6. The van der Waals surface area contributed by atoms with E-state index >= 15 is 0 Å². The third-order valence-corrected chi connectivity index (χ3v) is 7.96. The van der Waals surface area contributed by atoms with Crippen LogP contribution < -0.4 is 4.74 Å². The van der Waals surface area contributed by atoms with Gasteiger partial charge < -0.3 is 4.74 Å². The van der Waals surface area contributed by atoms with Gasteiger partial charge in [-0.2, -0.15) is 5.10 Å². The maximum absolute atomic E-state index is 14.6. The van der Waals surface area contributed by atoms with E-state index in [4.69, 9.17) is 9.73 Å². The lowest BCUT2D eigenvalue weighted by Crippen LogP contribution is -2.40. The van der Waals surface area contributed by atoms with Crippen molar-refractivity contribution < 1.29 is 13.9 Å². The van der Waals surface area contributed by atoms with Crippen molar-refractivity contribution in [2.24, 2.45) is 23.9 Å². The Kier molecular flexibility index (Phi) is 6.77. The fourth-order valence-electron chi connectivity index (χ4n) is 6.26. The first-order chi connectivity index (χ1) is 18.9. The third-order valence-electron chi connectivity index (χ3n) is 7.96. The van der Waals surface area contributed by atoms with Gasteiger partial charge in [0.25, 0.3) is 0 Å². The summed E-state index contributed by atoms with van der Waals surface area (Å²) in [6.07, 6.45) is 3.47. The minimum absolute atomic E-state index is 0.147. The van der Waals surface area contributed by atoms with Crippen molar-refractivity contribution in [1.29, 1.82) is 0 Å². The summed E-state index contributed by atoms with van der Waals surface area (Å²) in [7, 11) is 3.49. The molecule has 0 spiro atoms. The number of ether oxygens (including phenoxy) is 1. The average molecular weight is 525 g/mol. The number of carbonyl (C=O) groups excluding carboxylic acids is 1. The number of carbonyl (C=O) groups is 1. The second-order valence-electron chi connectivity index (χ2n) is 11.1. The lowest BCUT2D eigenvalue weighted by atomic mass is 9.85. The number of piperidine rings is 1. The fourth-order valence-corrected chi connectivity index (χ4v) is 6.26. The van der Waals surface area contributed by atoms with Crippen LogP contribution in [0.3, 0.4) is 0 Å². The Morgan fingerprint density at radius 3 is 2.85 bits per heavy atom. The molecule has 2 atom stereocenters. The Bertz CT molecular complexity index is 1590. The van der Waals surface area contributed by atoms with Gasteiger partial charge >= 0.3 is 0 Å². The van der Waals surface area contributed by atoms with Crippen molar-refractivity contribution in [3.63, 3.8) is 0 Å². The number of rotatable bonds is 7. The number of aliphatic imine (C=N–C) groups is 1. The van der Waals surface area contributed by atoms with E-state index < -0.39 is 0 Å². The molecule has 6 rings (SSSR count). The molecule has 2 aliphatic rings. The molecule has 3 heterocycles. The van der Waals surface area contributed by atoms with Gasteiger partial charge in [0.05, 0.1) is 24.9 Å². The van der Waals surface area contributed by atoms with Gasteiger partial charge in [-0.05, 0) is 54.2 Å². The molecular formula is C32H33FN4O2. The van der Waals surface area contributed by atoms with Crippen LogP contribution in [-0.2, 0) is 20.1 Å². The summed E-state index contributed by atoms with van der Waals surface area (Å²) in [5, 5.41) is 5.54. The van der Waals surface area contributed by atoms with Gasteiger partial charge in [-0.15, -0.1) is 0 Å². The second-order valence-corrected chi connectivity index (χ2v) is 11.1. The molecule has 0 aliphatic carbocycles. The highest BCUT2D eigenvalue weighted by molar-refractivity contribution is 6.17. The zero-order chi connectivity index (χ0) is 27.1. The first kappa shape index (κ1) is 25.4. The first-order valence-electron chi connectivity index (χ1n) is 13.6. The van der Waals surface area contributed by atoms with Crippen molar-refractivity contribution in [2.75, 3.05) is 20.2 Å². The van der Waals surface area contributed by atoms with Crippen LogP contribution in [0.5, 0.6) is 5.75 Å². The third kappa shape index (κ3) is 5.11. The normalized spacial score (nSPS) is 19.2. The summed E-state index contributed by atoms with van der Waals surface area (Å²) >= 11 is 0. The molecule has 1 aromatic heterocycles. The molecule has 0 radical (unpaired) electrons. The number of hydrogen-bond acceptors (Lipinski definition) is 5. The molecule has 0 unspecified atom stereocenters. The summed E-state index contributed by atoms with van der Waals surface area (Å²) in [6.45, 7) is 4.95. The molecule has 2 aliphatic heterocycles. The molecule has 4 aromatic rings. The maximum Gasteiger partial charge on any atom is 0.163 e. The smallest absolute Gasteiger partial charge is 0.163 e. The number of aromatic nitrogens is 2. The molecule has 0 saturated carbocycles. The van der Waals surface area contributed by atoms with E-state index in [0.717, 1.165) is 58.4 Å². The van der Waals surface area contributed by atoms with Crippen LogP contribution in [0.1, 0.15) is 52.4 Å². The van der Waals surface area contributed by atoms with Crippen LogP contribution >= 0.6 is 0 Å². The predicted octanol–water partition coefficient (Wildman–Crippen LogP) is 5.80. The van der Waals surface area contributed by atoms with Gasteiger partial charge in [0.2, 0.25) is 0 Å². The fraction of sp³-hybridized carbons (Fsp3) is 0.344. The van der Waals surface area contributed by atoms with E-state index in [9.17, 15) is 9.18 Å². The van der Waals surface area contributed by atoms with Gasteiger partial charge in [-0.25, -0.2) is 4.39 Å². The minimum atomic E-state index is -0.251. The zero-order valence-electron chi connectivity index (χ0n) is 22.7. The SMILES string of the molecule is COc1cccc(F)c1CN1C[C@@H](C)C[C@@H](CC(=O)c2ccc3c(c2)C(c2ccc4nn(C)cc4c2)=NC3)C1. The number of Topliss-reactive ketones (excluding diaryl/α,β-unsaturated/α-hetero) is 1. The summed E-state index contributed by atoms with van der Waals surface area (Å²) < 4.78 is 21.8. The Morgan fingerprint density at radius 2 is 2.00 bits per heavy atom. The number of ketones is 1. The zero-order valence-corrected chi connectivity index (χ0v) is 22.7. The monoisotopic (exact) mass is 524 g/mol. The van der Waals surface area contributed by atoms with Crippen LogP contribution in [0.25, 0.3) is 10.9 Å². The quantitative estimate of drug-likeness (QED) is 0.287. The number of nitrogens with zero attached hydrogens (tertiary/aromatic N) is 4. The summed E-state index contributed by atoms with van der Waals surface area (Å²) in [5.41, 5.74) is 6.41. The molecule has 6 nitrogen and oxygen atoms in total. The van der Waals surface area contributed by atoms with Crippen molar-refractivity contribution in [3.8, 4) is 5.75 Å². The van der Waals surface area contributed by atoms with Crippen LogP contribution in [-0.4, -0.2) is 46.4 Å². The molecule has 7 heteroatoms. The molecule has 0 N–H and O–H groups in total. The number of fused-ring (bicyclic) bond motifs is 2. The van der Waals surface area contributed by atoms with Crippen molar-refractivity contribution in [1.82, 2.24) is 14.7 Å². The number of methoxy groups -OCH3 is 1. The van der Waals surface area contributed by atoms with Crippen LogP contribution in [0.2, 0.25) is 0 Å². The number of likely N-dealkylation sites (tertiary alicyclic amines) is 1. The molecule has 1 fully saturated rings. The van der Waals surface area contributed by atoms with E-state index in [1.165, 1.54) is 6.07 Å². The topological polar surface area (TPSA) is 59.7 Å². The van der Waals surface area contributed by atoms with Gasteiger partial charge in [0.15, 0.2) is 5.78 Å². The van der Waals surface area contributed by atoms with E-state index in [2.05, 4.69) is 29.1 Å². The predicted molar refractivity (Wildman–Crippen MR) is 151 cm³/mol. The lowest BCUT2D eigenvalue weighted by Gasteiger charge is -2.36.